The average molecular weight is 550 g/mol. The lowest BCUT2D eigenvalue weighted by Gasteiger charge is -2.29. The number of fused-ring (bicyclic) bond motifs is 1. The second-order valence-electron chi connectivity index (χ2n) is 10.8. The summed E-state index contributed by atoms with van der Waals surface area (Å²) < 4.78 is 39.0. The van der Waals surface area contributed by atoms with E-state index in [0.717, 1.165) is 16.7 Å². The van der Waals surface area contributed by atoms with Gasteiger partial charge in [0.05, 0.1) is 23.7 Å². The number of benzene rings is 1. The van der Waals surface area contributed by atoms with Crippen molar-refractivity contribution in [1.29, 1.82) is 0 Å². The van der Waals surface area contributed by atoms with Crippen LogP contribution in [-0.2, 0) is 15.5 Å². The third-order valence-corrected chi connectivity index (χ3v) is 8.20. The predicted octanol–water partition coefficient (Wildman–Crippen LogP) is 5.22. The quantitative estimate of drug-likeness (QED) is 0.344. The van der Waals surface area contributed by atoms with Crippen molar-refractivity contribution in [2.24, 2.45) is 0 Å². The van der Waals surface area contributed by atoms with Crippen molar-refractivity contribution in [3.8, 4) is 22.5 Å². The molecule has 0 radical (unpaired) electrons. The molecule has 9 nitrogen and oxygen atoms in total. The Morgan fingerprint density at radius 2 is 1.92 bits per heavy atom. The van der Waals surface area contributed by atoms with Gasteiger partial charge in [-0.2, -0.15) is 5.10 Å². The number of amides is 1. The number of rotatable bonds is 4. The van der Waals surface area contributed by atoms with E-state index in [1.54, 1.807) is 17.0 Å². The molecule has 0 saturated carbocycles. The molecule has 5 heterocycles. The monoisotopic (exact) mass is 549 g/mol. The van der Waals surface area contributed by atoms with E-state index in [0.29, 0.717) is 59.3 Å². The first kappa shape index (κ1) is 25.4. The zero-order valence-corrected chi connectivity index (χ0v) is 22.7. The van der Waals surface area contributed by atoms with Gasteiger partial charge in [0.2, 0.25) is 5.71 Å². The second kappa shape index (κ2) is 9.71. The van der Waals surface area contributed by atoms with E-state index in [1.807, 2.05) is 37.7 Å². The van der Waals surface area contributed by atoms with Crippen LogP contribution in [0.5, 0.6) is 0 Å². The largest absolute Gasteiger partial charge is 0.444 e. The van der Waals surface area contributed by atoms with Gasteiger partial charge in [-0.15, -0.1) is 0 Å². The van der Waals surface area contributed by atoms with Gasteiger partial charge in [-0.3, -0.25) is 8.89 Å². The minimum absolute atomic E-state index is 0.0299. The van der Waals surface area contributed by atoms with Crippen molar-refractivity contribution < 1.29 is 22.5 Å². The highest BCUT2D eigenvalue weighted by Gasteiger charge is 2.30. The van der Waals surface area contributed by atoms with Crippen LogP contribution in [0, 0.1) is 5.82 Å². The van der Waals surface area contributed by atoms with Crippen LogP contribution in [0.1, 0.15) is 39.0 Å². The molecular formula is C28H28FN5O4S. The standard InChI is InChI=1S/C28H28FN5O4S/c1-28(2,3)38-27(35)33-10-4-5-18(12-33)23-11-21-25(30-16-31-26(21)37-23)22-13-34(20-14-39(36)15-20)32-24(22)17-6-8-19(29)9-7-17/h5-9,11,13,16,20H,4,10,12,14-15H2,1-3H3. The molecule has 2 aliphatic rings. The molecule has 39 heavy (non-hydrogen) atoms. The van der Waals surface area contributed by atoms with Gasteiger partial charge in [0.1, 0.15) is 29.2 Å². The molecule has 0 aliphatic carbocycles. The molecule has 0 atom stereocenters. The molecule has 0 bridgehead atoms. The second-order valence-corrected chi connectivity index (χ2v) is 12.3. The van der Waals surface area contributed by atoms with Gasteiger partial charge in [0, 0.05) is 51.7 Å². The fourth-order valence-corrected chi connectivity index (χ4v) is 5.81. The van der Waals surface area contributed by atoms with Crippen molar-refractivity contribution in [2.45, 2.75) is 38.8 Å². The zero-order chi connectivity index (χ0) is 27.3. The number of furan rings is 1. The van der Waals surface area contributed by atoms with Gasteiger partial charge < -0.3 is 14.1 Å². The van der Waals surface area contributed by atoms with Crippen LogP contribution in [0.3, 0.4) is 0 Å². The Morgan fingerprint density at radius 3 is 2.64 bits per heavy atom. The number of nitrogens with zero attached hydrogens (tertiary/aromatic N) is 5. The maximum Gasteiger partial charge on any atom is 0.410 e. The van der Waals surface area contributed by atoms with E-state index >= 15 is 0 Å². The van der Waals surface area contributed by atoms with E-state index in [1.165, 1.54) is 18.5 Å². The summed E-state index contributed by atoms with van der Waals surface area (Å²) in [4.78, 5) is 23.3. The van der Waals surface area contributed by atoms with Gasteiger partial charge in [0.25, 0.3) is 0 Å². The lowest BCUT2D eigenvalue weighted by Crippen LogP contribution is -2.39. The summed E-state index contributed by atoms with van der Waals surface area (Å²) in [6.07, 6.45) is 5.71. The number of hydrogen-bond acceptors (Lipinski definition) is 7. The number of carbonyl (C=O) groups is 1. The minimum Gasteiger partial charge on any atom is -0.444 e. The van der Waals surface area contributed by atoms with E-state index in [-0.39, 0.29) is 18.0 Å². The predicted molar refractivity (Wildman–Crippen MR) is 146 cm³/mol. The van der Waals surface area contributed by atoms with Crippen LogP contribution in [0.2, 0.25) is 0 Å². The average Bonchev–Trinajstić information content (AvgIpc) is 3.51. The van der Waals surface area contributed by atoms with Crippen LogP contribution in [0.4, 0.5) is 9.18 Å². The topological polar surface area (TPSA) is 103 Å². The summed E-state index contributed by atoms with van der Waals surface area (Å²) in [6, 6.07) is 8.08. The van der Waals surface area contributed by atoms with Crippen molar-refractivity contribution in [1.82, 2.24) is 24.6 Å². The SMILES string of the molecule is CC(C)(C)OC(=O)N1CCC=C(c2cc3c(-c4cn(C5CS(=O)C5)nc4-c4ccc(F)cc4)ncnc3o2)C1. The lowest BCUT2D eigenvalue weighted by molar-refractivity contribution is 0.0272. The van der Waals surface area contributed by atoms with Crippen LogP contribution >= 0.6 is 0 Å². The molecule has 6 rings (SSSR count). The molecule has 2 aliphatic heterocycles. The Bertz CT molecular complexity index is 1610. The van der Waals surface area contributed by atoms with E-state index < -0.39 is 16.4 Å². The Labute approximate surface area is 227 Å². The highest BCUT2D eigenvalue weighted by atomic mass is 32.2. The first-order valence-electron chi connectivity index (χ1n) is 12.8. The molecule has 1 amide bonds. The Morgan fingerprint density at radius 1 is 1.15 bits per heavy atom. The molecule has 0 unspecified atom stereocenters. The van der Waals surface area contributed by atoms with Gasteiger partial charge in [-0.25, -0.2) is 19.2 Å². The fraction of sp³-hybridized carbons (Fsp3) is 0.357. The first-order chi connectivity index (χ1) is 18.6. The molecule has 11 heteroatoms. The molecule has 0 spiro atoms. The van der Waals surface area contributed by atoms with Gasteiger partial charge in [-0.05, 0) is 57.5 Å². The summed E-state index contributed by atoms with van der Waals surface area (Å²) in [5.74, 6) is 1.35. The maximum atomic E-state index is 13.7. The fourth-order valence-electron chi connectivity index (χ4n) is 4.74. The summed E-state index contributed by atoms with van der Waals surface area (Å²) in [6.45, 7) is 6.46. The molecule has 1 saturated heterocycles. The third-order valence-electron chi connectivity index (χ3n) is 6.68. The molecular weight excluding hydrogens is 521 g/mol. The summed E-state index contributed by atoms with van der Waals surface area (Å²) in [5, 5.41) is 5.50. The van der Waals surface area contributed by atoms with Crippen molar-refractivity contribution >= 4 is 33.6 Å². The third kappa shape index (κ3) is 5.10. The van der Waals surface area contributed by atoms with Crippen LogP contribution in [0.15, 0.2) is 53.3 Å². The first-order valence-corrected chi connectivity index (χ1v) is 14.3. The molecule has 3 aromatic heterocycles. The van der Waals surface area contributed by atoms with Crippen LogP contribution in [0.25, 0.3) is 39.2 Å². The van der Waals surface area contributed by atoms with Crippen LogP contribution in [-0.4, -0.2) is 65.1 Å². The number of ether oxygens (including phenoxy) is 1. The normalized spacial score (nSPS) is 19.6. The smallest absolute Gasteiger partial charge is 0.410 e. The Kier molecular flexibility index (Phi) is 6.33. The van der Waals surface area contributed by atoms with E-state index in [9.17, 15) is 13.4 Å². The van der Waals surface area contributed by atoms with Crippen LogP contribution < -0.4 is 0 Å². The molecule has 1 fully saturated rings. The van der Waals surface area contributed by atoms with Gasteiger partial charge >= 0.3 is 6.09 Å². The maximum absolute atomic E-state index is 13.7. The molecule has 0 N–H and O–H groups in total. The number of aromatic nitrogens is 4. The number of halogens is 1. The molecule has 4 aromatic rings. The summed E-state index contributed by atoms with van der Waals surface area (Å²) >= 11 is 0. The Balaban J connectivity index is 1.38. The lowest BCUT2D eigenvalue weighted by atomic mass is 10.0. The molecule has 1 aromatic carbocycles. The van der Waals surface area contributed by atoms with Gasteiger partial charge in [0.15, 0.2) is 0 Å². The summed E-state index contributed by atoms with van der Waals surface area (Å²) in [5.41, 5.74) is 3.44. The zero-order valence-electron chi connectivity index (χ0n) is 21.9. The Hall–Kier alpha value is -3.86. The van der Waals surface area contributed by atoms with Crippen molar-refractivity contribution in [3.63, 3.8) is 0 Å². The van der Waals surface area contributed by atoms with Crippen molar-refractivity contribution in [2.75, 3.05) is 24.6 Å². The molecule has 202 valence electrons. The van der Waals surface area contributed by atoms with E-state index in [2.05, 4.69) is 16.0 Å². The number of carbonyl (C=O) groups excluding carboxylic acids is 1. The summed E-state index contributed by atoms with van der Waals surface area (Å²) in [7, 11) is -0.840. The van der Waals surface area contributed by atoms with Gasteiger partial charge in [-0.1, -0.05) is 6.08 Å². The highest BCUT2D eigenvalue weighted by Crippen LogP contribution is 2.37. The number of hydrogen-bond donors (Lipinski definition) is 0. The minimum atomic E-state index is -0.840. The van der Waals surface area contributed by atoms with Crippen molar-refractivity contribution in [3.05, 3.63) is 60.5 Å². The highest BCUT2D eigenvalue weighted by molar-refractivity contribution is 7.86. The van der Waals surface area contributed by atoms with E-state index in [4.69, 9.17) is 14.3 Å².